The van der Waals surface area contributed by atoms with E-state index in [1.807, 2.05) is 20.8 Å². The minimum Gasteiger partial charge on any atom is -0.345 e. The first-order valence-corrected chi connectivity index (χ1v) is 3.93. The largest absolute Gasteiger partial charge is 0.345 e. The van der Waals surface area contributed by atoms with Crippen LogP contribution in [-0.4, -0.2) is 18.0 Å². The van der Waals surface area contributed by atoms with Crippen molar-refractivity contribution in [3.05, 3.63) is 0 Å². The zero-order valence-electron chi connectivity index (χ0n) is 7.18. The molecule has 0 aromatic rings. The third kappa shape index (κ3) is 1.32. The van der Waals surface area contributed by atoms with E-state index in [0.29, 0.717) is 0 Å². The van der Waals surface area contributed by atoms with Crippen LogP contribution in [-0.2, 0) is 9.47 Å². The Labute approximate surface area is 62.5 Å². The van der Waals surface area contributed by atoms with Crippen molar-refractivity contribution in [2.75, 3.05) is 0 Å². The van der Waals surface area contributed by atoms with Crippen molar-refractivity contribution < 1.29 is 9.47 Å². The first kappa shape index (κ1) is 8.02. The fourth-order valence-corrected chi connectivity index (χ4v) is 1.17. The second kappa shape index (κ2) is 2.51. The standard InChI is InChI=1S/C8H16O2/c1-5-8(4)9-6(2)7(3)10-8/h6-7H,5H2,1-4H3/t6-,7+,8?. The van der Waals surface area contributed by atoms with Crippen LogP contribution in [0.15, 0.2) is 0 Å². The molecule has 0 aromatic heterocycles. The van der Waals surface area contributed by atoms with Gasteiger partial charge >= 0.3 is 0 Å². The molecule has 0 N–H and O–H groups in total. The average Bonchev–Trinajstić information content (AvgIpc) is 2.10. The highest BCUT2D eigenvalue weighted by Crippen LogP contribution is 2.30. The van der Waals surface area contributed by atoms with Crippen LogP contribution in [0.5, 0.6) is 0 Å². The molecule has 0 aromatic carbocycles. The second-order valence-corrected chi connectivity index (χ2v) is 3.13. The number of hydrogen-bond acceptors (Lipinski definition) is 2. The van der Waals surface area contributed by atoms with Gasteiger partial charge in [0.25, 0.3) is 0 Å². The highest BCUT2D eigenvalue weighted by Gasteiger charge is 2.38. The van der Waals surface area contributed by atoms with Crippen molar-refractivity contribution in [3.63, 3.8) is 0 Å². The smallest absolute Gasteiger partial charge is 0.166 e. The van der Waals surface area contributed by atoms with Crippen LogP contribution in [0.4, 0.5) is 0 Å². The summed E-state index contributed by atoms with van der Waals surface area (Å²) in [5, 5.41) is 0. The van der Waals surface area contributed by atoms with Crippen molar-refractivity contribution in [3.8, 4) is 0 Å². The summed E-state index contributed by atoms with van der Waals surface area (Å²) in [6.45, 7) is 8.16. The minimum atomic E-state index is -0.321. The van der Waals surface area contributed by atoms with E-state index in [1.54, 1.807) is 0 Å². The summed E-state index contributed by atoms with van der Waals surface area (Å²) < 4.78 is 11.2. The van der Waals surface area contributed by atoms with Crippen LogP contribution in [0.3, 0.4) is 0 Å². The number of ether oxygens (including phenoxy) is 2. The van der Waals surface area contributed by atoms with Gasteiger partial charge in [-0.1, -0.05) is 6.92 Å². The Morgan fingerprint density at radius 2 is 1.60 bits per heavy atom. The summed E-state index contributed by atoms with van der Waals surface area (Å²) in [7, 11) is 0. The Hall–Kier alpha value is -0.0800. The Kier molecular flexibility index (Phi) is 2.02. The SMILES string of the molecule is CCC1(C)O[C@@H](C)[C@@H](C)O1. The molecular weight excluding hydrogens is 128 g/mol. The molecule has 3 atom stereocenters. The van der Waals surface area contributed by atoms with Crippen LogP contribution in [0, 0.1) is 0 Å². The predicted octanol–water partition coefficient (Wildman–Crippen LogP) is 1.94. The molecule has 0 bridgehead atoms. The van der Waals surface area contributed by atoms with Crippen LogP contribution in [0.1, 0.15) is 34.1 Å². The van der Waals surface area contributed by atoms with Crippen LogP contribution in [0.25, 0.3) is 0 Å². The summed E-state index contributed by atoms with van der Waals surface area (Å²) >= 11 is 0. The van der Waals surface area contributed by atoms with Gasteiger partial charge in [-0.3, -0.25) is 0 Å². The molecule has 0 saturated carbocycles. The summed E-state index contributed by atoms with van der Waals surface area (Å²) in [6, 6.07) is 0. The molecule has 1 fully saturated rings. The van der Waals surface area contributed by atoms with Crippen molar-refractivity contribution in [2.24, 2.45) is 0 Å². The quantitative estimate of drug-likeness (QED) is 0.560. The van der Waals surface area contributed by atoms with E-state index >= 15 is 0 Å². The van der Waals surface area contributed by atoms with Gasteiger partial charge in [-0.05, 0) is 27.2 Å². The fourth-order valence-electron chi connectivity index (χ4n) is 1.17. The fraction of sp³-hybridized carbons (Fsp3) is 1.00. The van der Waals surface area contributed by atoms with Gasteiger partial charge in [0.2, 0.25) is 0 Å². The first-order chi connectivity index (χ1) is 4.57. The lowest BCUT2D eigenvalue weighted by molar-refractivity contribution is -0.160. The molecule has 0 aliphatic carbocycles. The van der Waals surface area contributed by atoms with Crippen LogP contribution >= 0.6 is 0 Å². The van der Waals surface area contributed by atoms with Gasteiger partial charge in [0, 0.05) is 0 Å². The zero-order chi connectivity index (χ0) is 7.78. The Morgan fingerprint density at radius 1 is 1.20 bits per heavy atom. The van der Waals surface area contributed by atoms with E-state index < -0.39 is 0 Å². The highest BCUT2D eigenvalue weighted by atomic mass is 16.7. The van der Waals surface area contributed by atoms with Crippen molar-refractivity contribution in [1.29, 1.82) is 0 Å². The maximum absolute atomic E-state index is 5.59. The van der Waals surface area contributed by atoms with Gasteiger partial charge in [0.1, 0.15) is 0 Å². The molecule has 0 amide bonds. The Balaban J connectivity index is 2.55. The number of rotatable bonds is 1. The molecule has 0 radical (unpaired) electrons. The molecule has 60 valence electrons. The third-order valence-corrected chi connectivity index (χ3v) is 2.17. The van der Waals surface area contributed by atoms with Gasteiger partial charge in [0.15, 0.2) is 5.79 Å². The number of hydrogen-bond donors (Lipinski definition) is 0. The van der Waals surface area contributed by atoms with Gasteiger partial charge in [-0.2, -0.15) is 0 Å². The predicted molar refractivity (Wildman–Crippen MR) is 39.8 cm³/mol. The third-order valence-electron chi connectivity index (χ3n) is 2.17. The molecule has 2 heteroatoms. The van der Waals surface area contributed by atoms with E-state index in [1.165, 1.54) is 0 Å². The summed E-state index contributed by atoms with van der Waals surface area (Å²) in [6.07, 6.45) is 1.40. The summed E-state index contributed by atoms with van der Waals surface area (Å²) in [5.41, 5.74) is 0. The molecular formula is C8H16O2. The normalized spacial score (nSPS) is 48.0. The molecule has 10 heavy (non-hydrogen) atoms. The molecule has 2 nitrogen and oxygen atoms in total. The molecule has 1 rings (SSSR count). The van der Waals surface area contributed by atoms with Crippen molar-refractivity contribution in [1.82, 2.24) is 0 Å². The van der Waals surface area contributed by atoms with E-state index in [-0.39, 0.29) is 18.0 Å². The van der Waals surface area contributed by atoms with Crippen LogP contribution < -0.4 is 0 Å². The molecule has 0 spiro atoms. The zero-order valence-corrected chi connectivity index (χ0v) is 7.18. The highest BCUT2D eigenvalue weighted by molar-refractivity contribution is 4.76. The Morgan fingerprint density at radius 3 is 1.80 bits per heavy atom. The van der Waals surface area contributed by atoms with Gasteiger partial charge in [-0.15, -0.1) is 0 Å². The monoisotopic (exact) mass is 144 g/mol. The lowest BCUT2D eigenvalue weighted by atomic mass is 10.2. The van der Waals surface area contributed by atoms with E-state index in [0.717, 1.165) is 6.42 Å². The topological polar surface area (TPSA) is 18.5 Å². The first-order valence-electron chi connectivity index (χ1n) is 3.93. The van der Waals surface area contributed by atoms with Crippen LogP contribution in [0.2, 0.25) is 0 Å². The second-order valence-electron chi connectivity index (χ2n) is 3.13. The molecule has 1 heterocycles. The van der Waals surface area contributed by atoms with Crippen molar-refractivity contribution >= 4 is 0 Å². The van der Waals surface area contributed by atoms with E-state index in [9.17, 15) is 0 Å². The van der Waals surface area contributed by atoms with E-state index in [4.69, 9.17) is 9.47 Å². The maximum atomic E-state index is 5.59. The lowest BCUT2D eigenvalue weighted by Gasteiger charge is -2.20. The maximum Gasteiger partial charge on any atom is 0.166 e. The lowest BCUT2D eigenvalue weighted by Crippen LogP contribution is -2.24. The average molecular weight is 144 g/mol. The molecule has 1 saturated heterocycles. The van der Waals surface area contributed by atoms with Crippen molar-refractivity contribution in [2.45, 2.75) is 52.1 Å². The Bertz CT molecular complexity index is 112. The molecule has 1 aliphatic rings. The minimum absolute atomic E-state index is 0.241. The molecule has 1 unspecified atom stereocenters. The van der Waals surface area contributed by atoms with Gasteiger partial charge in [0.05, 0.1) is 12.2 Å². The summed E-state index contributed by atoms with van der Waals surface area (Å²) in [4.78, 5) is 0. The molecule has 1 aliphatic heterocycles. The van der Waals surface area contributed by atoms with Gasteiger partial charge < -0.3 is 9.47 Å². The summed E-state index contributed by atoms with van der Waals surface area (Å²) in [5.74, 6) is -0.321. The van der Waals surface area contributed by atoms with E-state index in [2.05, 4.69) is 6.92 Å². The van der Waals surface area contributed by atoms with Gasteiger partial charge in [-0.25, -0.2) is 0 Å².